The minimum absolute atomic E-state index is 0.402. The van der Waals surface area contributed by atoms with E-state index in [9.17, 15) is 13.2 Å². The molecule has 0 aromatic heterocycles. The van der Waals surface area contributed by atoms with Crippen molar-refractivity contribution < 1.29 is 17.6 Å². The molecule has 0 bridgehead atoms. The molecule has 1 nitrogen and oxygen atoms in total. The summed E-state index contributed by atoms with van der Waals surface area (Å²) in [6, 6.07) is 0. The van der Waals surface area contributed by atoms with Crippen molar-refractivity contribution in [2.75, 3.05) is 0 Å². The standard InChI is InChI=1S/C11H21F3OSi/c1-6-7-8-10(15-16(3,4)5)9(2)11(12,13)14/h10H,2,6-8H2,1,3-5H3. The number of hydrogen-bond acceptors (Lipinski definition) is 1. The van der Waals surface area contributed by atoms with E-state index < -0.39 is 26.2 Å². The fraction of sp³-hybridized carbons (Fsp3) is 0.818. The summed E-state index contributed by atoms with van der Waals surface area (Å²) in [4.78, 5) is 0. The maximum atomic E-state index is 12.5. The highest BCUT2D eigenvalue weighted by Gasteiger charge is 2.38. The van der Waals surface area contributed by atoms with Gasteiger partial charge < -0.3 is 4.43 Å². The monoisotopic (exact) mass is 254 g/mol. The number of halogens is 3. The van der Waals surface area contributed by atoms with E-state index in [1.807, 2.05) is 26.6 Å². The van der Waals surface area contributed by atoms with Crippen LogP contribution in [0.15, 0.2) is 12.2 Å². The highest BCUT2D eigenvalue weighted by molar-refractivity contribution is 6.69. The summed E-state index contributed by atoms with van der Waals surface area (Å²) < 4.78 is 43.2. The van der Waals surface area contributed by atoms with Gasteiger partial charge >= 0.3 is 6.18 Å². The molecule has 0 heterocycles. The van der Waals surface area contributed by atoms with Gasteiger partial charge in [0.1, 0.15) is 0 Å². The van der Waals surface area contributed by atoms with Crippen molar-refractivity contribution in [3.05, 3.63) is 12.2 Å². The van der Waals surface area contributed by atoms with Gasteiger partial charge in [0.2, 0.25) is 0 Å². The molecular formula is C11H21F3OSi. The van der Waals surface area contributed by atoms with Crippen molar-refractivity contribution >= 4 is 8.32 Å². The Morgan fingerprint density at radius 1 is 1.31 bits per heavy atom. The Hall–Kier alpha value is -0.293. The lowest BCUT2D eigenvalue weighted by atomic mass is 10.1. The second-order valence-corrected chi connectivity index (χ2v) is 9.34. The fourth-order valence-corrected chi connectivity index (χ4v) is 2.42. The minimum Gasteiger partial charge on any atom is -0.411 e. The summed E-state index contributed by atoms with van der Waals surface area (Å²) in [5.74, 6) is 0. The van der Waals surface area contributed by atoms with Crippen LogP contribution in [0.4, 0.5) is 13.2 Å². The molecule has 96 valence electrons. The lowest BCUT2D eigenvalue weighted by Gasteiger charge is -2.28. The summed E-state index contributed by atoms with van der Waals surface area (Å²) >= 11 is 0. The molecule has 0 aromatic rings. The molecule has 0 radical (unpaired) electrons. The normalized spacial score (nSPS) is 14.9. The molecule has 0 aliphatic rings. The number of unbranched alkanes of at least 4 members (excludes halogenated alkanes) is 1. The Balaban J connectivity index is 4.61. The lowest BCUT2D eigenvalue weighted by Crippen LogP contribution is -2.36. The average Bonchev–Trinajstić information content (AvgIpc) is 2.07. The van der Waals surface area contributed by atoms with Gasteiger partial charge in [-0.3, -0.25) is 0 Å². The molecule has 5 heteroatoms. The van der Waals surface area contributed by atoms with Crippen LogP contribution in [0.1, 0.15) is 26.2 Å². The summed E-state index contributed by atoms with van der Waals surface area (Å²) in [6.07, 6.45) is -3.23. The Bertz CT molecular complexity index is 230. The fourth-order valence-electron chi connectivity index (χ4n) is 1.30. The summed E-state index contributed by atoms with van der Waals surface area (Å²) in [5.41, 5.74) is -0.747. The highest BCUT2D eigenvalue weighted by Crippen LogP contribution is 2.31. The van der Waals surface area contributed by atoms with Gasteiger partial charge in [-0.1, -0.05) is 26.3 Å². The first-order valence-corrected chi connectivity index (χ1v) is 8.92. The van der Waals surface area contributed by atoms with E-state index in [4.69, 9.17) is 4.43 Å². The largest absolute Gasteiger partial charge is 0.414 e. The van der Waals surface area contributed by atoms with Gasteiger partial charge in [-0.25, -0.2) is 0 Å². The predicted octanol–water partition coefficient (Wildman–Crippen LogP) is 4.52. The molecule has 0 aromatic carbocycles. The average molecular weight is 254 g/mol. The van der Waals surface area contributed by atoms with Crippen LogP contribution in [0.25, 0.3) is 0 Å². The van der Waals surface area contributed by atoms with E-state index in [0.717, 1.165) is 12.8 Å². The quantitative estimate of drug-likeness (QED) is 0.500. The second-order valence-electron chi connectivity index (χ2n) is 4.88. The molecule has 0 N–H and O–H groups in total. The van der Waals surface area contributed by atoms with Crippen molar-refractivity contribution in [3.63, 3.8) is 0 Å². The van der Waals surface area contributed by atoms with E-state index in [1.165, 1.54) is 0 Å². The molecule has 0 rings (SSSR count). The van der Waals surface area contributed by atoms with Crippen molar-refractivity contribution in [2.45, 2.75) is 58.1 Å². The summed E-state index contributed by atoms with van der Waals surface area (Å²) in [7, 11) is -1.97. The van der Waals surface area contributed by atoms with Crippen LogP contribution in [0, 0.1) is 0 Å². The van der Waals surface area contributed by atoms with Crippen LogP contribution < -0.4 is 0 Å². The van der Waals surface area contributed by atoms with Crippen LogP contribution in [0.2, 0.25) is 19.6 Å². The Labute approximate surface area is 96.8 Å². The van der Waals surface area contributed by atoms with E-state index >= 15 is 0 Å². The predicted molar refractivity (Wildman–Crippen MR) is 62.9 cm³/mol. The number of hydrogen-bond donors (Lipinski definition) is 0. The second kappa shape index (κ2) is 5.86. The minimum atomic E-state index is -4.35. The van der Waals surface area contributed by atoms with Crippen LogP contribution in [0.5, 0.6) is 0 Å². The summed E-state index contributed by atoms with van der Waals surface area (Å²) in [5, 5.41) is 0. The van der Waals surface area contributed by atoms with Crippen LogP contribution >= 0.6 is 0 Å². The molecule has 16 heavy (non-hydrogen) atoms. The third-order valence-corrected chi connectivity index (χ3v) is 3.06. The number of rotatable bonds is 6. The molecule has 0 aliphatic heterocycles. The molecular weight excluding hydrogens is 233 g/mol. The summed E-state index contributed by atoms with van der Waals surface area (Å²) in [6.45, 7) is 10.7. The van der Waals surface area contributed by atoms with E-state index in [0.29, 0.717) is 6.42 Å². The van der Waals surface area contributed by atoms with Crippen molar-refractivity contribution in [2.24, 2.45) is 0 Å². The van der Waals surface area contributed by atoms with Crippen LogP contribution in [-0.4, -0.2) is 20.6 Å². The first-order chi connectivity index (χ1) is 7.08. The molecule has 0 saturated carbocycles. The zero-order valence-electron chi connectivity index (χ0n) is 10.4. The Morgan fingerprint density at radius 2 is 1.81 bits per heavy atom. The molecule has 0 aliphatic carbocycles. The van der Waals surface area contributed by atoms with Crippen molar-refractivity contribution in [3.8, 4) is 0 Å². The van der Waals surface area contributed by atoms with Gasteiger partial charge in [0.25, 0.3) is 0 Å². The van der Waals surface area contributed by atoms with Crippen molar-refractivity contribution in [1.82, 2.24) is 0 Å². The van der Waals surface area contributed by atoms with Gasteiger partial charge in [-0.2, -0.15) is 13.2 Å². The molecule has 0 saturated heterocycles. The third kappa shape index (κ3) is 6.32. The first kappa shape index (κ1) is 15.7. The molecule has 0 fully saturated rings. The van der Waals surface area contributed by atoms with Crippen molar-refractivity contribution in [1.29, 1.82) is 0 Å². The SMILES string of the molecule is C=C(C(CCCC)O[Si](C)(C)C)C(F)(F)F. The third-order valence-electron chi connectivity index (χ3n) is 2.07. The maximum Gasteiger partial charge on any atom is 0.414 e. The maximum absolute atomic E-state index is 12.5. The highest BCUT2D eigenvalue weighted by atomic mass is 28.4. The Morgan fingerprint density at radius 3 is 2.12 bits per heavy atom. The van der Waals surface area contributed by atoms with Gasteiger partial charge in [0.15, 0.2) is 8.32 Å². The smallest absolute Gasteiger partial charge is 0.411 e. The van der Waals surface area contributed by atoms with Gasteiger partial charge in [0.05, 0.1) is 11.7 Å². The zero-order valence-corrected chi connectivity index (χ0v) is 11.4. The van der Waals surface area contributed by atoms with Gasteiger partial charge in [0, 0.05) is 0 Å². The molecule has 1 atom stereocenters. The molecule has 0 spiro atoms. The lowest BCUT2D eigenvalue weighted by molar-refractivity contribution is -0.104. The number of alkyl halides is 3. The van der Waals surface area contributed by atoms with E-state index in [-0.39, 0.29) is 0 Å². The van der Waals surface area contributed by atoms with Gasteiger partial charge in [-0.05, 0) is 26.1 Å². The van der Waals surface area contributed by atoms with E-state index in [1.54, 1.807) is 0 Å². The first-order valence-electron chi connectivity index (χ1n) is 5.51. The topological polar surface area (TPSA) is 9.23 Å². The van der Waals surface area contributed by atoms with E-state index in [2.05, 4.69) is 6.58 Å². The van der Waals surface area contributed by atoms with Crippen LogP contribution in [0.3, 0.4) is 0 Å². The van der Waals surface area contributed by atoms with Crippen LogP contribution in [-0.2, 0) is 4.43 Å². The molecule has 0 amide bonds. The molecule has 1 unspecified atom stereocenters. The van der Waals surface area contributed by atoms with Gasteiger partial charge in [-0.15, -0.1) is 0 Å². The zero-order chi connectivity index (χ0) is 13.0. The Kier molecular flexibility index (Phi) is 5.76.